The number of thiophene rings is 2. The van der Waals surface area contributed by atoms with Crippen LogP contribution in [0.1, 0.15) is 23.5 Å². The molecule has 0 spiro atoms. The molecule has 0 radical (unpaired) electrons. The van der Waals surface area contributed by atoms with E-state index in [4.69, 9.17) is 0 Å². The normalized spacial score (nSPS) is 11.4. The third-order valence-corrected chi connectivity index (χ3v) is 6.01. The molecule has 4 rings (SSSR count). The molecule has 0 bridgehead atoms. The number of fused-ring (bicyclic) bond motifs is 3. The van der Waals surface area contributed by atoms with Crippen LogP contribution in [0.4, 0.5) is 0 Å². The SMILES string of the molecule is Cc1nn(CCCC(=O)NCc2cccs2)c(=O)c2cc3sccc3n12. The maximum Gasteiger partial charge on any atom is 0.291 e. The van der Waals surface area contributed by atoms with Crippen LogP contribution < -0.4 is 10.9 Å². The van der Waals surface area contributed by atoms with E-state index in [1.54, 1.807) is 22.7 Å². The smallest absolute Gasteiger partial charge is 0.291 e. The van der Waals surface area contributed by atoms with Gasteiger partial charge in [-0.05, 0) is 42.3 Å². The Bertz CT molecular complexity index is 1120. The highest BCUT2D eigenvalue weighted by Crippen LogP contribution is 2.24. The number of nitrogens with one attached hydrogen (secondary N) is 1. The van der Waals surface area contributed by atoms with Gasteiger partial charge in [-0.2, -0.15) is 5.10 Å². The van der Waals surface area contributed by atoms with Crippen LogP contribution in [0.2, 0.25) is 0 Å². The van der Waals surface area contributed by atoms with Crippen molar-refractivity contribution in [3.63, 3.8) is 0 Å². The first-order valence-corrected chi connectivity index (χ1v) is 10.1. The largest absolute Gasteiger partial charge is 0.351 e. The zero-order valence-electron chi connectivity index (χ0n) is 14.3. The van der Waals surface area contributed by atoms with E-state index in [1.165, 1.54) is 4.68 Å². The number of aryl methyl sites for hydroxylation is 2. The van der Waals surface area contributed by atoms with Crippen LogP contribution in [-0.4, -0.2) is 20.1 Å². The molecule has 8 heteroatoms. The third kappa shape index (κ3) is 3.17. The second-order valence-electron chi connectivity index (χ2n) is 6.07. The summed E-state index contributed by atoms with van der Waals surface area (Å²) in [5.74, 6) is 0.766. The number of amides is 1. The lowest BCUT2D eigenvalue weighted by Gasteiger charge is -2.08. The number of carbonyl (C=O) groups excluding carboxylic acids is 1. The van der Waals surface area contributed by atoms with Crippen molar-refractivity contribution in [3.05, 3.63) is 56.1 Å². The zero-order chi connectivity index (χ0) is 18.1. The lowest BCUT2D eigenvalue weighted by Crippen LogP contribution is -2.27. The van der Waals surface area contributed by atoms with Gasteiger partial charge in [-0.1, -0.05) is 6.07 Å². The molecule has 4 heterocycles. The van der Waals surface area contributed by atoms with Crippen LogP contribution in [-0.2, 0) is 17.9 Å². The Balaban J connectivity index is 1.43. The molecule has 0 saturated heterocycles. The Morgan fingerprint density at radius 1 is 1.23 bits per heavy atom. The van der Waals surface area contributed by atoms with Crippen molar-refractivity contribution in [2.75, 3.05) is 0 Å². The molecule has 1 amide bonds. The van der Waals surface area contributed by atoms with E-state index in [2.05, 4.69) is 10.4 Å². The Hall–Kier alpha value is -2.45. The molecule has 0 saturated carbocycles. The van der Waals surface area contributed by atoms with Gasteiger partial charge in [0.2, 0.25) is 5.91 Å². The highest BCUT2D eigenvalue weighted by atomic mass is 32.1. The van der Waals surface area contributed by atoms with Crippen LogP contribution in [0.5, 0.6) is 0 Å². The first kappa shape index (κ1) is 17.0. The average molecular weight is 387 g/mol. The first-order valence-electron chi connectivity index (χ1n) is 8.39. The standard InChI is InChI=1S/C18H18N4O2S2/c1-12-20-21(7-2-5-17(23)19-11-13-4-3-8-25-13)18(24)15-10-16-14(22(12)15)6-9-26-16/h3-4,6,8-10H,2,5,7,11H2,1H3,(H,19,23). The average Bonchev–Trinajstić information content (AvgIpc) is 3.33. The molecule has 134 valence electrons. The van der Waals surface area contributed by atoms with E-state index in [9.17, 15) is 9.59 Å². The molecule has 0 atom stereocenters. The van der Waals surface area contributed by atoms with Gasteiger partial charge in [0, 0.05) is 17.8 Å². The summed E-state index contributed by atoms with van der Waals surface area (Å²) < 4.78 is 4.46. The van der Waals surface area contributed by atoms with E-state index >= 15 is 0 Å². The van der Waals surface area contributed by atoms with Crippen molar-refractivity contribution in [3.8, 4) is 0 Å². The molecule has 4 aromatic heterocycles. The van der Waals surface area contributed by atoms with E-state index < -0.39 is 0 Å². The number of hydrogen-bond acceptors (Lipinski definition) is 5. The molecule has 0 aliphatic carbocycles. The molecule has 0 aromatic carbocycles. The number of rotatable bonds is 6. The zero-order valence-corrected chi connectivity index (χ0v) is 15.9. The predicted molar refractivity (Wildman–Crippen MR) is 105 cm³/mol. The molecule has 1 N–H and O–H groups in total. The highest BCUT2D eigenvalue weighted by molar-refractivity contribution is 7.17. The summed E-state index contributed by atoms with van der Waals surface area (Å²) in [6.45, 7) is 2.88. The van der Waals surface area contributed by atoms with Gasteiger partial charge in [-0.15, -0.1) is 22.7 Å². The van der Waals surface area contributed by atoms with Crippen LogP contribution in [0, 0.1) is 6.92 Å². The second-order valence-corrected chi connectivity index (χ2v) is 8.05. The number of aromatic nitrogens is 3. The molecular formula is C18H18N4O2S2. The van der Waals surface area contributed by atoms with Crippen molar-refractivity contribution in [2.24, 2.45) is 0 Å². The maximum atomic E-state index is 12.7. The van der Waals surface area contributed by atoms with Gasteiger partial charge in [-0.3, -0.25) is 14.0 Å². The Morgan fingerprint density at radius 2 is 2.12 bits per heavy atom. The van der Waals surface area contributed by atoms with Gasteiger partial charge in [-0.25, -0.2) is 4.68 Å². The Kier molecular flexibility index (Phi) is 4.60. The number of hydrogen-bond donors (Lipinski definition) is 1. The molecule has 0 aliphatic rings. The lowest BCUT2D eigenvalue weighted by molar-refractivity contribution is -0.121. The first-order chi connectivity index (χ1) is 12.6. The molecule has 0 fully saturated rings. The van der Waals surface area contributed by atoms with Gasteiger partial charge in [0.05, 0.1) is 16.8 Å². The van der Waals surface area contributed by atoms with E-state index in [-0.39, 0.29) is 11.5 Å². The summed E-state index contributed by atoms with van der Waals surface area (Å²) >= 11 is 3.23. The summed E-state index contributed by atoms with van der Waals surface area (Å²) in [6, 6.07) is 7.88. The summed E-state index contributed by atoms with van der Waals surface area (Å²) in [7, 11) is 0. The van der Waals surface area contributed by atoms with Gasteiger partial charge < -0.3 is 5.32 Å². The summed E-state index contributed by atoms with van der Waals surface area (Å²) in [5, 5.41) is 11.3. The van der Waals surface area contributed by atoms with Crippen molar-refractivity contribution < 1.29 is 4.79 Å². The van der Waals surface area contributed by atoms with Gasteiger partial charge in [0.15, 0.2) is 0 Å². The summed E-state index contributed by atoms with van der Waals surface area (Å²) in [5.41, 5.74) is 1.55. The fourth-order valence-corrected chi connectivity index (χ4v) is 4.50. The summed E-state index contributed by atoms with van der Waals surface area (Å²) in [6.07, 6.45) is 0.952. The van der Waals surface area contributed by atoms with Gasteiger partial charge in [0.25, 0.3) is 5.56 Å². The van der Waals surface area contributed by atoms with E-state index in [1.807, 2.05) is 46.4 Å². The van der Waals surface area contributed by atoms with Crippen molar-refractivity contribution in [1.82, 2.24) is 19.5 Å². The number of nitrogens with zero attached hydrogens (tertiary/aromatic N) is 3. The number of carbonyl (C=O) groups is 1. The van der Waals surface area contributed by atoms with Crippen molar-refractivity contribution in [2.45, 2.75) is 32.9 Å². The fraction of sp³-hybridized carbons (Fsp3) is 0.278. The molecule has 26 heavy (non-hydrogen) atoms. The molecular weight excluding hydrogens is 368 g/mol. The summed E-state index contributed by atoms with van der Waals surface area (Å²) in [4.78, 5) is 25.8. The Morgan fingerprint density at radius 3 is 2.92 bits per heavy atom. The van der Waals surface area contributed by atoms with Gasteiger partial charge >= 0.3 is 0 Å². The molecule has 4 aromatic rings. The van der Waals surface area contributed by atoms with Gasteiger partial charge in [0.1, 0.15) is 11.3 Å². The highest BCUT2D eigenvalue weighted by Gasteiger charge is 2.13. The van der Waals surface area contributed by atoms with Crippen LogP contribution in [0.25, 0.3) is 15.7 Å². The monoisotopic (exact) mass is 386 g/mol. The molecule has 0 unspecified atom stereocenters. The lowest BCUT2D eigenvalue weighted by atomic mass is 10.3. The minimum Gasteiger partial charge on any atom is -0.351 e. The third-order valence-electron chi connectivity index (χ3n) is 4.28. The topological polar surface area (TPSA) is 68.4 Å². The van der Waals surface area contributed by atoms with Crippen LogP contribution in [0.15, 0.2) is 39.8 Å². The molecule has 6 nitrogen and oxygen atoms in total. The minimum atomic E-state index is -0.113. The van der Waals surface area contributed by atoms with E-state index in [0.29, 0.717) is 31.4 Å². The Labute approximate surface area is 157 Å². The minimum absolute atomic E-state index is 0.00699. The quantitative estimate of drug-likeness (QED) is 0.553. The molecule has 0 aliphatic heterocycles. The van der Waals surface area contributed by atoms with Crippen LogP contribution in [0.3, 0.4) is 0 Å². The predicted octanol–water partition coefficient (Wildman–Crippen LogP) is 3.18. The van der Waals surface area contributed by atoms with Crippen LogP contribution >= 0.6 is 22.7 Å². The van der Waals surface area contributed by atoms with Crippen molar-refractivity contribution in [1.29, 1.82) is 0 Å². The second kappa shape index (κ2) is 7.05. The maximum absolute atomic E-state index is 12.7. The van der Waals surface area contributed by atoms with E-state index in [0.717, 1.165) is 20.9 Å². The fourth-order valence-electron chi connectivity index (χ4n) is 3.06. The van der Waals surface area contributed by atoms with Crippen molar-refractivity contribution >= 4 is 44.3 Å².